The molecule has 2 aliphatic rings. The average Bonchev–Trinajstić information content (AvgIpc) is 3.28. The number of aliphatic hydroxyl groups is 2. The zero-order chi connectivity index (χ0) is 24.7. The van der Waals surface area contributed by atoms with Crippen molar-refractivity contribution in [2.45, 2.75) is 45.7 Å². The summed E-state index contributed by atoms with van der Waals surface area (Å²) in [7, 11) is 0. The molecular weight excluding hydrogens is 424 g/mol. The molecule has 5 heteroatoms. The van der Waals surface area contributed by atoms with Crippen molar-refractivity contribution in [3.63, 3.8) is 0 Å². The van der Waals surface area contributed by atoms with E-state index in [1.165, 1.54) is 0 Å². The molecule has 2 aliphatic heterocycles. The summed E-state index contributed by atoms with van der Waals surface area (Å²) in [5, 5.41) is 20.9. The number of carbonyl (C=O) groups excluding carboxylic acids is 1. The lowest BCUT2D eigenvalue weighted by molar-refractivity contribution is -0.119. The Morgan fingerprint density at radius 3 is 2.71 bits per heavy atom. The molecule has 0 saturated carbocycles. The van der Waals surface area contributed by atoms with E-state index in [4.69, 9.17) is 0 Å². The number of benzene rings is 2. The van der Waals surface area contributed by atoms with Crippen LogP contribution in [0.15, 0.2) is 54.1 Å². The van der Waals surface area contributed by atoms with Crippen LogP contribution in [0.5, 0.6) is 0 Å². The quantitative estimate of drug-likeness (QED) is 0.464. The van der Waals surface area contributed by atoms with Crippen molar-refractivity contribution in [3.05, 3.63) is 70.9 Å². The van der Waals surface area contributed by atoms with Gasteiger partial charge in [0.2, 0.25) is 0 Å². The number of aromatic amines is 1. The molecule has 178 valence electrons. The summed E-state index contributed by atoms with van der Waals surface area (Å²) >= 11 is 0. The number of aromatic nitrogens is 1. The topological polar surface area (TPSA) is 76.6 Å². The number of nitrogens with zero attached hydrogens (tertiary/aromatic N) is 1. The van der Waals surface area contributed by atoms with E-state index in [9.17, 15) is 16.4 Å². The molecule has 0 radical (unpaired) electrons. The van der Waals surface area contributed by atoms with Crippen molar-refractivity contribution < 1.29 is 16.4 Å². The van der Waals surface area contributed by atoms with Gasteiger partial charge in [-0.05, 0) is 71.6 Å². The number of Topliss-reactive ketones (excluding diaryl/α,β-unsaturated/α-hetero) is 1. The zero-order valence-corrected chi connectivity index (χ0v) is 20.0. The first-order valence-corrected chi connectivity index (χ1v) is 12.3. The van der Waals surface area contributed by atoms with Crippen LogP contribution in [0.4, 0.5) is 0 Å². The third-order valence-electron chi connectivity index (χ3n) is 7.80. The summed E-state index contributed by atoms with van der Waals surface area (Å²) < 4.78 is 9.73. The number of hydrogen-bond donors (Lipinski definition) is 3. The fourth-order valence-corrected chi connectivity index (χ4v) is 6.12. The lowest BCUT2D eigenvalue weighted by Crippen LogP contribution is -2.47. The zero-order valence-electron chi connectivity index (χ0n) is 21.0. The van der Waals surface area contributed by atoms with Crippen LogP contribution in [0.2, 0.25) is 0 Å². The van der Waals surface area contributed by atoms with Crippen LogP contribution in [0, 0.1) is 11.8 Å². The van der Waals surface area contributed by atoms with Crippen molar-refractivity contribution in [1.29, 1.82) is 0 Å². The van der Waals surface area contributed by atoms with Crippen LogP contribution in [-0.4, -0.2) is 45.6 Å². The number of nitrogens with one attached hydrogen (secondary N) is 1. The second-order valence-corrected chi connectivity index (χ2v) is 9.51. The van der Waals surface area contributed by atoms with Crippen LogP contribution >= 0.6 is 0 Å². The first-order valence-electron chi connectivity index (χ1n) is 12.8. The summed E-state index contributed by atoms with van der Waals surface area (Å²) in [4.78, 5) is 18.4. The second kappa shape index (κ2) is 9.49. The first kappa shape index (κ1) is 21.8. The van der Waals surface area contributed by atoms with E-state index in [2.05, 4.69) is 41.1 Å². The molecule has 1 aromatic heterocycles. The molecule has 3 heterocycles. The third-order valence-corrected chi connectivity index (χ3v) is 7.80. The van der Waals surface area contributed by atoms with Gasteiger partial charge >= 0.3 is 0 Å². The van der Waals surface area contributed by atoms with Gasteiger partial charge in [0, 0.05) is 29.7 Å². The average molecular weight is 460 g/mol. The molecule has 0 amide bonds. The highest BCUT2D eigenvalue weighted by Gasteiger charge is 2.41. The fraction of sp³-hybridized carbons (Fsp3) is 0.414. The number of aliphatic hydroxyl groups excluding tert-OH is 2. The van der Waals surface area contributed by atoms with Crippen molar-refractivity contribution in [1.82, 2.24) is 9.88 Å². The summed E-state index contributed by atoms with van der Waals surface area (Å²) in [5.74, 6) is -0.0532. The van der Waals surface area contributed by atoms with Gasteiger partial charge < -0.3 is 15.2 Å². The minimum atomic E-state index is -0.993. The lowest BCUT2D eigenvalue weighted by atomic mass is 9.73. The standard InChI is InChI=1S/C29H34N2O3/c1-3-18-15-31-11-10-23-28-21(16-32)12-20(19-8-6-5-7-9-19)13-25(28)30-29(23)26(31)14-24(18)22(4-2)27(34)17-33/h4-9,12-13,18,24,26,30,32-33H,3,10-11,14-17H2,1-2H3/b22-4+/t18-,24+,26+/m1/s1/i26D. The van der Waals surface area contributed by atoms with E-state index >= 15 is 0 Å². The van der Waals surface area contributed by atoms with E-state index in [1.54, 1.807) is 0 Å². The number of fused-ring (bicyclic) bond motifs is 5. The predicted molar refractivity (Wildman–Crippen MR) is 135 cm³/mol. The maximum Gasteiger partial charge on any atom is 0.184 e. The Bertz CT molecular complexity index is 1280. The number of carbonyl (C=O) groups is 1. The highest BCUT2D eigenvalue weighted by Crippen LogP contribution is 2.46. The Morgan fingerprint density at radius 2 is 2.03 bits per heavy atom. The van der Waals surface area contributed by atoms with Crippen LogP contribution in [0.25, 0.3) is 22.0 Å². The first-order chi connectivity index (χ1) is 16.9. The molecule has 0 aliphatic carbocycles. The molecule has 0 bridgehead atoms. The van der Waals surface area contributed by atoms with Crippen LogP contribution in [-0.2, 0) is 17.8 Å². The van der Waals surface area contributed by atoms with Crippen LogP contribution in [0.1, 0.15) is 50.9 Å². The monoisotopic (exact) mass is 459 g/mol. The molecule has 5 rings (SSSR count). The SMILES string of the molecule is [2H][C@@]12C[C@H](/C(=C\C)C(=O)CO)[C@H](CC)CN1CCc1c2[nH]c2cc(-c3ccccc3)cc(CO)c12. The van der Waals surface area contributed by atoms with Crippen LogP contribution < -0.4 is 0 Å². The van der Waals surface area contributed by atoms with Crippen molar-refractivity contribution in [2.24, 2.45) is 11.8 Å². The molecule has 3 atom stereocenters. The number of allylic oxidation sites excluding steroid dienone is 1. The molecular formula is C29H34N2O3. The van der Waals surface area contributed by atoms with E-state index in [0.29, 0.717) is 12.0 Å². The van der Waals surface area contributed by atoms with E-state index < -0.39 is 12.6 Å². The predicted octanol–water partition coefficient (Wildman–Crippen LogP) is 4.78. The number of H-pyrrole nitrogens is 1. The van der Waals surface area contributed by atoms with Crippen molar-refractivity contribution in [2.75, 3.05) is 19.7 Å². The number of rotatable bonds is 6. The Morgan fingerprint density at radius 1 is 1.24 bits per heavy atom. The molecule has 3 aromatic rings. The Balaban J connectivity index is 1.64. The van der Waals surface area contributed by atoms with Gasteiger partial charge in [0.15, 0.2) is 5.78 Å². The molecule has 1 saturated heterocycles. The van der Waals surface area contributed by atoms with Gasteiger partial charge in [-0.3, -0.25) is 9.69 Å². The minimum absolute atomic E-state index is 0.0650. The maximum atomic E-state index is 12.6. The molecule has 5 nitrogen and oxygen atoms in total. The van der Waals surface area contributed by atoms with E-state index in [0.717, 1.165) is 64.8 Å². The molecule has 34 heavy (non-hydrogen) atoms. The summed E-state index contributed by atoms with van der Waals surface area (Å²) in [6.07, 6.45) is 4.06. The third kappa shape index (κ3) is 3.82. The van der Waals surface area contributed by atoms with Gasteiger partial charge in [0.1, 0.15) is 6.61 Å². The van der Waals surface area contributed by atoms with Gasteiger partial charge in [-0.15, -0.1) is 0 Å². The Labute approximate surface area is 202 Å². The molecule has 0 spiro atoms. The highest BCUT2D eigenvalue weighted by molar-refractivity contribution is 5.96. The Hall–Kier alpha value is -2.73. The second-order valence-electron chi connectivity index (χ2n) is 9.51. The van der Waals surface area contributed by atoms with E-state index in [1.807, 2.05) is 31.2 Å². The molecule has 2 aromatic carbocycles. The maximum absolute atomic E-state index is 12.6. The van der Waals surface area contributed by atoms with Gasteiger partial charge in [-0.25, -0.2) is 0 Å². The normalized spacial score (nSPS) is 25.6. The summed E-state index contributed by atoms with van der Waals surface area (Å²) in [5.41, 5.74) is 6.58. The largest absolute Gasteiger partial charge is 0.392 e. The highest BCUT2D eigenvalue weighted by atomic mass is 16.3. The molecule has 3 N–H and O–H groups in total. The smallest absolute Gasteiger partial charge is 0.184 e. The van der Waals surface area contributed by atoms with Gasteiger partial charge in [0.25, 0.3) is 0 Å². The van der Waals surface area contributed by atoms with Crippen molar-refractivity contribution >= 4 is 16.7 Å². The number of ketones is 1. The van der Waals surface area contributed by atoms with Gasteiger partial charge in [-0.1, -0.05) is 49.8 Å². The van der Waals surface area contributed by atoms with Crippen LogP contribution in [0.3, 0.4) is 0 Å². The molecule has 1 fully saturated rings. The fourth-order valence-electron chi connectivity index (χ4n) is 6.12. The lowest BCUT2D eigenvalue weighted by Gasteiger charge is -2.46. The summed E-state index contributed by atoms with van der Waals surface area (Å²) in [6.45, 7) is 4.95. The minimum Gasteiger partial charge on any atom is -0.392 e. The van der Waals surface area contributed by atoms with Gasteiger partial charge in [-0.2, -0.15) is 0 Å². The summed E-state index contributed by atoms with van der Waals surface area (Å²) in [6, 6.07) is 13.3. The Kier molecular flexibility index (Phi) is 6.08. The van der Waals surface area contributed by atoms with Crippen molar-refractivity contribution in [3.8, 4) is 11.1 Å². The number of piperidine rings is 1. The van der Waals surface area contributed by atoms with E-state index in [-0.39, 0.29) is 24.2 Å². The van der Waals surface area contributed by atoms with Gasteiger partial charge in [0.05, 0.1) is 14.0 Å². The molecule has 0 unspecified atom stereocenters. The number of hydrogen-bond acceptors (Lipinski definition) is 4.